The van der Waals surface area contributed by atoms with Crippen molar-refractivity contribution in [2.24, 2.45) is 0 Å². The first-order valence-electron chi connectivity index (χ1n) is 11.8. The number of likely N-dealkylation sites (N-methyl/N-ethyl adjacent to an activating group) is 1. The molecular formula is C26H34ClN3O3. The molecule has 1 saturated carbocycles. The molecule has 1 N–H and O–H groups in total. The lowest BCUT2D eigenvalue weighted by atomic mass is 10.1. The molecule has 1 aliphatic carbocycles. The van der Waals surface area contributed by atoms with Gasteiger partial charge in [0, 0.05) is 62.3 Å². The van der Waals surface area contributed by atoms with Gasteiger partial charge < -0.3 is 14.7 Å². The van der Waals surface area contributed by atoms with Gasteiger partial charge in [-0.25, -0.2) is 0 Å². The van der Waals surface area contributed by atoms with Crippen molar-refractivity contribution in [3.05, 3.63) is 64.7 Å². The zero-order valence-electron chi connectivity index (χ0n) is 19.5. The number of piperazine rings is 1. The van der Waals surface area contributed by atoms with Crippen LogP contribution in [0.25, 0.3) is 0 Å². The highest BCUT2D eigenvalue weighted by atomic mass is 35.5. The molecule has 178 valence electrons. The summed E-state index contributed by atoms with van der Waals surface area (Å²) in [6.45, 7) is 5.90. The number of aliphatic hydroxyl groups is 1. The van der Waals surface area contributed by atoms with E-state index in [0.29, 0.717) is 18.2 Å². The number of rotatable bonds is 7. The Bertz CT molecular complexity index is 934. The van der Waals surface area contributed by atoms with Crippen LogP contribution in [0.1, 0.15) is 30.9 Å². The molecule has 0 unspecified atom stereocenters. The second-order valence-corrected chi connectivity index (χ2v) is 9.62. The SMILES string of the molecule is CC(=O)N1CCN([C@@H]2CC[C@@H](N(C)Cc3cc(Cl)ccc3OCc3ccccc3)[C@H]2O)CC1. The number of halogens is 1. The fraction of sp³-hybridized carbons (Fsp3) is 0.500. The minimum absolute atomic E-state index is 0.0711. The van der Waals surface area contributed by atoms with Crippen LogP contribution in [-0.4, -0.2) is 77.1 Å². The van der Waals surface area contributed by atoms with Gasteiger partial charge in [-0.2, -0.15) is 0 Å². The Labute approximate surface area is 201 Å². The lowest BCUT2D eigenvalue weighted by molar-refractivity contribution is -0.131. The van der Waals surface area contributed by atoms with Gasteiger partial charge in [-0.15, -0.1) is 0 Å². The number of nitrogens with zero attached hydrogens (tertiary/aromatic N) is 3. The molecule has 1 aliphatic heterocycles. The largest absolute Gasteiger partial charge is 0.489 e. The van der Waals surface area contributed by atoms with Crippen LogP contribution in [-0.2, 0) is 17.9 Å². The topological polar surface area (TPSA) is 56.3 Å². The molecule has 1 heterocycles. The normalized spacial score (nSPS) is 23.8. The summed E-state index contributed by atoms with van der Waals surface area (Å²) < 4.78 is 6.13. The van der Waals surface area contributed by atoms with Crippen molar-refractivity contribution in [3.8, 4) is 5.75 Å². The molecule has 0 radical (unpaired) electrons. The summed E-state index contributed by atoms with van der Waals surface area (Å²) in [7, 11) is 2.06. The van der Waals surface area contributed by atoms with Crippen molar-refractivity contribution in [3.63, 3.8) is 0 Å². The van der Waals surface area contributed by atoms with E-state index in [2.05, 4.69) is 16.8 Å². The molecule has 1 saturated heterocycles. The molecule has 4 rings (SSSR count). The zero-order chi connectivity index (χ0) is 23.4. The smallest absolute Gasteiger partial charge is 0.219 e. The van der Waals surface area contributed by atoms with E-state index < -0.39 is 6.10 Å². The molecule has 1 amide bonds. The van der Waals surface area contributed by atoms with Crippen molar-refractivity contribution >= 4 is 17.5 Å². The Morgan fingerprint density at radius 1 is 1.12 bits per heavy atom. The van der Waals surface area contributed by atoms with Crippen molar-refractivity contribution in [2.75, 3.05) is 33.2 Å². The predicted molar refractivity (Wildman–Crippen MR) is 130 cm³/mol. The van der Waals surface area contributed by atoms with Crippen molar-refractivity contribution in [1.29, 1.82) is 0 Å². The molecule has 2 aromatic rings. The molecule has 0 bridgehead atoms. The van der Waals surface area contributed by atoms with Crippen molar-refractivity contribution in [2.45, 2.75) is 51.1 Å². The average molecular weight is 472 g/mol. The molecule has 6 nitrogen and oxygen atoms in total. The highest BCUT2D eigenvalue weighted by molar-refractivity contribution is 6.30. The third-order valence-electron chi connectivity index (χ3n) is 7.02. The molecule has 3 atom stereocenters. The quantitative estimate of drug-likeness (QED) is 0.670. The third-order valence-corrected chi connectivity index (χ3v) is 7.26. The Balaban J connectivity index is 1.37. The Hall–Kier alpha value is -2.12. The van der Waals surface area contributed by atoms with Crippen LogP contribution in [0.3, 0.4) is 0 Å². The minimum atomic E-state index is -0.424. The summed E-state index contributed by atoms with van der Waals surface area (Å²) in [5.41, 5.74) is 2.14. The number of carbonyl (C=O) groups excluding carboxylic acids is 1. The van der Waals surface area contributed by atoms with E-state index in [4.69, 9.17) is 16.3 Å². The van der Waals surface area contributed by atoms with Gasteiger partial charge in [0.1, 0.15) is 12.4 Å². The summed E-state index contributed by atoms with van der Waals surface area (Å²) in [6.07, 6.45) is 1.48. The van der Waals surface area contributed by atoms with Crippen LogP contribution in [0.4, 0.5) is 0 Å². The number of ether oxygens (including phenoxy) is 1. The summed E-state index contributed by atoms with van der Waals surface area (Å²) >= 11 is 6.31. The summed E-state index contributed by atoms with van der Waals surface area (Å²) in [5, 5.41) is 11.9. The van der Waals surface area contributed by atoms with Crippen molar-refractivity contribution < 1.29 is 14.6 Å². The molecule has 2 aliphatic rings. The standard InChI is InChI=1S/C26H34ClN3O3/c1-19(31)29-12-14-30(15-13-29)24-10-9-23(26(24)32)28(2)17-21-16-22(27)8-11-25(21)33-18-20-6-4-3-5-7-20/h3-8,11,16,23-24,26,32H,9-10,12-15,17-18H2,1-2H3/t23-,24-,26-/m1/s1. The third kappa shape index (κ3) is 5.87. The lowest BCUT2D eigenvalue weighted by Gasteiger charge is -2.39. The lowest BCUT2D eigenvalue weighted by Crippen LogP contribution is -2.55. The molecular weight excluding hydrogens is 438 g/mol. The Kier molecular flexibility index (Phi) is 7.91. The molecule has 33 heavy (non-hydrogen) atoms. The van der Waals surface area contributed by atoms with E-state index >= 15 is 0 Å². The zero-order valence-corrected chi connectivity index (χ0v) is 20.2. The highest BCUT2D eigenvalue weighted by Crippen LogP contribution is 2.32. The van der Waals surface area contributed by atoms with E-state index in [1.165, 1.54) is 0 Å². The average Bonchev–Trinajstić information content (AvgIpc) is 3.20. The van der Waals surface area contributed by atoms with Gasteiger partial charge in [0.25, 0.3) is 0 Å². The maximum atomic E-state index is 11.6. The van der Waals surface area contributed by atoms with Crippen LogP contribution < -0.4 is 4.74 Å². The van der Waals surface area contributed by atoms with E-state index in [1.807, 2.05) is 53.4 Å². The van der Waals surface area contributed by atoms with E-state index in [9.17, 15) is 9.90 Å². The monoisotopic (exact) mass is 471 g/mol. The number of aliphatic hydroxyl groups excluding tert-OH is 1. The minimum Gasteiger partial charge on any atom is -0.489 e. The van der Waals surface area contributed by atoms with Gasteiger partial charge in [-0.05, 0) is 43.7 Å². The maximum Gasteiger partial charge on any atom is 0.219 e. The number of hydrogen-bond acceptors (Lipinski definition) is 5. The Morgan fingerprint density at radius 2 is 1.85 bits per heavy atom. The van der Waals surface area contributed by atoms with E-state index in [-0.39, 0.29) is 18.0 Å². The van der Waals surface area contributed by atoms with Crippen LogP contribution in [0.2, 0.25) is 5.02 Å². The van der Waals surface area contributed by atoms with Gasteiger partial charge >= 0.3 is 0 Å². The molecule has 7 heteroatoms. The molecule has 0 spiro atoms. The Morgan fingerprint density at radius 3 is 2.55 bits per heavy atom. The number of hydrogen-bond donors (Lipinski definition) is 1. The first-order valence-corrected chi connectivity index (χ1v) is 12.1. The number of carbonyl (C=O) groups is 1. The van der Waals surface area contributed by atoms with E-state index in [0.717, 1.165) is 55.9 Å². The van der Waals surface area contributed by atoms with Crippen molar-refractivity contribution in [1.82, 2.24) is 14.7 Å². The first kappa shape index (κ1) is 24.0. The van der Waals surface area contributed by atoms with Crippen LogP contribution in [0.5, 0.6) is 5.75 Å². The van der Waals surface area contributed by atoms with E-state index in [1.54, 1.807) is 6.92 Å². The van der Waals surface area contributed by atoms with Gasteiger partial charge in [0.15, 0.2) is 0 Å². The van der Waals surface area contributed by atoms with Gasteiger partial charge in [0.2, 0.25) is 5.91 Å². The maximum absolute atomic E-state index is 11.6. The first-order chi connectivity index (χ1) is 15.9. The fourth-order valence-corrected chi connectivity index (χ4v) is 5.32. The summed E-state index contributed by atoms with van der Waals surface area (Å²) in [4.78, 5) is 18.1. The number of amides is 1. The molecule has 0 aromatic heterocycles. The molecule has 2 aromatic carbocycles. The summed E-state index contributed by atoms with van der Waals surface area (Å²) in [5.74, 6) is 0.950. The van der Waals surface area contributed by atoms with Crippen LogP contribution in [0, 0.1) is 0 Å². The van der Waals surface area contributed by atoms with Crippen LogP contribution in [0.15, 0.2) is 48.5 Å². The summed E-state index contributed by atoms with van der Waals surface area (Å²) in [6, 6.07) is 16.1. The van der Waals surface area contributed by atoms with Gasteiger partial charge in [-0.3, -0.25) is 14.6 Å². The predicted octanol–water partition coefficient (Wildman–Crippen LogP) is 3.41. The molecule has 2 fully saturated rings. The van der Waals surface area contributed by atoms with Gasteiger partial charge in [0.05, 0.1) is 6.10 Å². The second-order valence-electron chi connectivity index (χ2n) is 9.19. The second kappa shape index (κ2) is 10.9. The number of benzene rings is 2. The highest BCUT2D eigenvalue weighted by Gasteiger charge is 2.41. The fourth-order valence-electron chi connectivity index (χ4n) is 5.12. The van der Waals surface area contributed by atoms with Gasteiger partial charge in [-0.1, -0.05) is 41.9 Å². The van der Waals surface area contributed by atoms with Crippen LogP contribution >= 0.6 is 11.6 Å².